The van der Waals surface area contributed by atoms with Gasteiger partial charge in [0.05, 0.1) is 0 Å². The van der Waals surface area contributed by atoms with Crippen molar-refractivity contribution >= 4 is 0 Å². The Morgan fingerprint density at radius 1 is 0.885 bits per heavy atom. The maximum absolute atomic E-state index is 5.86. The van der Waals surface area contributed by atoms with Gasteiger partial charge in [-0.2, -0.15) is 0 Å². The first-order valence-corrected chi connectivity index (χ1v) is 9.93. The highest BCUT2D eigenvalue weighted by molar-refractivity contribution is 5.28. The molecule has 1 aliphatic carbocycles. The molecule has 140 valence electrons. The fraction of sp³-hybridized carbons (Fsp3) is 0.478. The second-order valence-corrected chi connectivity index (χ2v) is 7.33. The summed E-state index contributed by atoms with van der Waals surface area (Å²) in [7, 11) is 2.23. The zero-order valence-corrected chi connectivity index (χ0v) is 16.2. The fourth-order valence-electron chi connectivity index (χ4n) is 3.26. The molecule has 26 heavy (non-hydrogen) atoms. The Morgan fingerprint density at radius 2 is 1.62 bits per heavy atom. The van der Waals surface area contributed by atoms with E-state index in [4.69, 9.17) is 4.74 Å². The van der Waals surface area contributed by atoms with Crippen LogP contribution < -0.4 is 4.74 Å². The van der Waals surface area contributed by atoms with E-state index in [9.17, 15) is 0 Å². The van der Waals surface area contributed by atoms with E-state index in [1.165, 1.54) is 37.1 Å². The van der Waals surface area contributed by atoms with E-state index in [0.29, 0.717) is 6.61 Å². The van der Waals surface area contributed by atoms with Crippen LogP contribution in [0.5, 0.6) is 5.75 Å². The molecule has 0 heterocycles. The smallest absolute Gasteiger partial charge is 0.119 e. The molecular weight excluding hydrogens is 320 g/mol. The largest absolute Gasteiger partial charge is 0.489 e. The SMILES string of the molecule is CCN(CCN(C)CCc1ccc(OCc2ccccc2)cc1)C1CC1. The lowest BCUT2D eigenvalue weighted by Crippen LogP contribution is -2.35. The van der Waals surface area contributed by atoms with Gasteiger partial charge in [-0.15, -0.1) is 0 Å². The summed E-state index contributed by atoms with van der Waals surface area (Å²) in [5.74, 6) is 0.939. The third-order valence-corrected chi connectivity index (χ3v) is 5.19. The van der Waals surface area contributed by atoms with Gasteiger partial charge in [0.1, 0.15) is 12.4 Å². The Morgan fingerprint density at radius 3 is 2.27 bits per heavy atom. The lowest BCUT2D eigenvalue weighted by atomic mass is 10.1. The van der Waals surface area contributed by atoms with Gasteiger partial charge in [-0.05, 0) is 56.1 Å². The van der Waals surface area contributed by atoms with Gasteiger partial charge < -0.3 is 9.64 Å². The van der Waals surface area contributed by atoms with Crippen LogP contribution in [0.1, 0.15) is 30.9 Å². The molecule has 1 fully saturated rings. The van der Waals surface area contributed by atoms with Crippen molar-refractivity contribution < 1.29 is 4.74 Å². The molecule has 0 aliphatic heterocycles. The van der Waals surface area contributed by atoms with Crippen LogP contribution in [0, 0.1) is 0 Å². The molecule has 3 nitrogen and oxygen atoms in total. The van der Waals surface area contributed by atoms with Crippen LogP contribution in [0.3, 0.4) is 0 Å². The van der Waals surface area contributed by atoms with Crippen LogP contribution in [0.4, 0.5) is 0 Å². The average Bonchev–Trinajstić information content (AvgIpc) is 3.52. The average molecular weight is 353 g/mol. The van der Waals surface area contributed by atoms with Crippen molar-refractivity contribution in [1.29, 1.82) is 0 Å². The molecule has 0 atom stereocenters. The number of likely N-dealkylation sites (N-methyl/N-ethyl adjacent to an activating group) is 2. The van der Waals surface area contributed by atoms with E-state index < -0.39 is 0 Å². The first-order chi connectivity index (χ1) is 12.7. The topological polar surface area (TPSA) is 15.7 Å². The summed E-state index contributed by atoms with van der Waals surface area (Å²) >= 11 is 0. The minimum atomic E-state index is 0.623. The summed E-state index contributed by atoms with van der Waals surface area (Å²) in [5, 5.41) is 0. The molecule has 0 unspecified atom stereocenters. The van der Waals surface area contributed by atoms with E-state index in [2.05, 4.69) is 60.2 Å². The van der Waals surface area contributed by atoms with E-state index in [-0.39, 0.29) is 0 Å². The van der Waals surface area contributed by atoms with Crippen molar-refractivity contribution in [2.24, 2.45) is 0 Å². The van der Waals surface area contributed by atoms with Crippen molar-refractivity contribution in [2.75, 3.05) is 33.2 Å². The molecule has 0 spiro atoms. The van der Waals surface area contributed by atoms with Gasteiger partial charge in [-0.25, -0.2) is 0 Å². The van der Waals surface area contributed by atoms with Crippen molar-refractivity contribution in [2.45, 2.75) is 38.8 Å². The van der Waals surface area contributed by atoms with Crippen molar-refractivity contribution in [3.63, 3.8) is 0 Å². The summed E-state index contributed by atoms with van der Waals surface area (Å²) in [6.07, 6.45) is 3.89. The highest BCUT2D eigenvalue weighted by atomic mass is 16.5. The molecule has 0 N–H and O–H groups in total. The molecule has 3 rings (SSSR count). The van der Waals surface area contributed by atoms with E-state index in [0.717, 1.165) is 31.3 Å². The molecule has 1 saturated carbocycles. The van der Waals surface area contributed by atoms with Gasteiger partial charge in [0.2, 0.25) is 0 Å². The minimum absolute atomic E-state index is 0.623. The Hall–Kier alpha value is -1.84. The predicted octanol–water partition coefficient (Wildman–Crippen LogP) is 4.22. The van der Waals surface area contributed by atoms with Crippen LogP contribution in [0.25, 0.3) is 0 Å². The Kier molecular flexibility index (Phi) is 7.10. The standard InChI is InChI=1S/C23H32N2O/c1-3-25(22-11-12-22)18-17-24(2)16-15-20-9-13-23(14-10-20)26-19-21-7-5-4-6-8-21/h4-10,13-14,22H,3,11-12,15-19H2,1-2H3. The first kappa shape index (κ1) is 18.9. The number of nitrogens with zero attached hydrogens (tertiary/aromatic N) is 2. The highest BCUT2D eigenvalue weighted by Gasteiger charge is 2.27. The Bertz CT molecular complexity index is 637. The summed E-state index contributed by atoms with van der Waals surface area (Å²) in [5.41, 5.74) is 2.57. The van der Waals surface area contributed by atoms with E-state index in [1.807, 2.05) is 18.2 Å². The molecule has 0 radical (unpaired) electrons. The lowest BCUT2D eigenvalue weighted by Gasteiger charge is -2.24. The third-order valence-electron chi connectivity index (χ3n) is 5.19. The maximum Gasteiger partial charge on any atom is 0.119 e. The van der Waals surface area contributed by atoms with Gasteiger partial charge in [0.15, 0.2) is 0 Å². The lowest BCUT2D eigenvalue weighted by molar-refractivity contribution is 0.227. The van der Waals surface area contributed by atoms with Crippen LogP contribution in [0.2, 0.25) is 0 Å². The molecule has 1 aliphatic rings. The highest BCUT2D eigenvalue weighted by Crippen LogP contribution is 2.26. The third kappa shape index (κ3) is 6.15. The maximum atomic E-state index is 5.86. The normalized spacial score (nSPS) is 14.2. The van der Waals surface area contributed by atoms with Crippen LogP contribution in [-0.4, -0.2) is 49.1 Å². The predicted molar refractivity (Wildman–Crippen MR) is 109 cm³/mol. The second-order valence-electron chi connectivity index (χ2n) is 7.33. The zero-order valence-electron chi connectivity index (χ0n) is 16.2. The molecular formula is C23H32N2O. The van der Waals surface area contributed by atoms with Crippen LogP contribution >= 0.6 is 0 Å². The first-order valence-electron chi connectivity index (χ1n) is 9.93. The summed E-state index contributed by atoms with van der Waals surface area (Å²) in [6, 6.07) is 19.7. The molecule has 0 aromatic heterocycles. The number of hydrogen-bond donors (Lipinski definition) is 0. The van der Waals surface area contributed by atoms with Gasteiger partial charge >= 0.3 is 0 Å². The van der Waals surface area contributed by atoms with Gasteiger partial charge in [0, 0.05) is 25.7 Å². The molecule has 2 aromatic carbocycles. The molecule has 0 amide bonds. The summed E-state index contributed by atoms with van der Waals surface area (Å²) < 4.78 is 5.86. The summed E-state index contributed by atoms with van der Waals surface area (Å²) in [6.45, 7) is 7.54. The number of rotatable bonds is 11. The number of ether oxygens (including phenoxy) is 1. The minimum Gasteiger partial charge on any atom is -0.489 e. The molecule has 0 bridgehead atoms. The Labute approximate surface area is 158 Å². The van der Waals surface area contributed by atoms with Crippen molar-refractivity contribution in [1.82, 2.24) is 9.80 Å². The second kappa shape index (κ2) is 9.75. The van der Waals surface area contributed by atoms with Gasteiger partial charge in [-0.1, -0.05) is 49.4 Å². The number of benzene rings is 2. The van der Waals surface area contributed by atoms with E-state index in [1.54, 1.807) is 0 Å². The Balaban J connectivity index is 1.36. The molecule has 2 aromatic rings. The van der Waals surface area contributed by atoms with Crippen LogP contribution in [-0.2, 0) is 13.0 Å². The monoisotopic (exact) mass is 352 g/mol. The van der Waals surface area contributed by atoms with Gasteiger partial charge in [-0.3, -0.25) is 4.90 Å². The van der Waals surface area contributed by atoms with Gasteiger partial charge in [0.25, 0.3) is 0 Å². The zero-order chi connectivity index (χ0) is 18.2. The number of hydrogen-bond acceptors (Lipinski definition) is 3. The molecule has 3 heteroatoms. The van der Waals surface area contributed by atoms with Crippen LogP contribution in [0.15, 0.2) is 54.6 Å². The van der Waals surface area contributed by atoms with Crippen molar-refractivity contribution in [3.05, 3.63) is 65.7 Å². The fourth-order valence-corrected chi connectivity index (χ4v) is 3.26. The van der Waals surface area contributed by atoms with E-state index >= 15 is 0 Å². The van der Waals surface area contributed by atoms with Crippen molar-refractivity contribution in [3.8, 4) is 5.75 Å². The molecule has 0 saturated heterocycles. The summed E-state index contributed by atoms with van der Waals surface area (Å²) in [4.78, 5) is 5.07. The quantitative estimate of drug-likeness (QED) is 0.602.